The molecule has 2 aromatic carbocycles. The second-order valence-corrected chi connectivity index (χ2v) is 11.0. The van der Waals surface area contributed by atoms with E-state index in [1.165, 1.54) is 30.9 Å². The molecule has 1 saturated carbocycles. The summed E-state index contributed by atoms with van der Waals surface area (Å²) in [6.45, 7) is 3.48. The highest BCUT2D eigenvalue weighted by molar-refractivity contribution is 7.92. The lowest BCUT2D eigenvalue weighted by molar-refractivity contribution is 0.0697. The van der Waals surface area contributed by atoms with Crippen LogP contribution in [0.1, 0.15) is 60.4 Å². The number of carboxylic acids is 1. The van der Waals surface area contributed by atoms with Gasteiger partial charge in [-0.05, 0) is 54.7 Å². The number of piperazine rings is 1. The van der Waals surface area contributed by atoms with Crippen molar-refractivity contribution in [3.63, 3.8) is 0 Å². The van der Waals surface area contributed by atoms with E-state index in [2.05, 4.69) is 15.7 Å². The molecule has 0 unspecified atom stereocenters. The SMILES string of the molecule is N#CCCN1CCN(c2ccc(NS(=O)(=O)c3ccc(C4CCCCC4)cc3)cc2C(=O)O)CC1. The molecule has 0 spiro atoms. The van der Waals surface area contributed by atoms with Crippen LogP contribution in [-0.2, 0) is 10.0 Å². The number of anilines is 2. The number of carbonyl (C=O) groups is 1. The zero-order valence-corrected chi connectivity index (χ0v) is 20.6. The third kappa shape index (κ3) is 6.13. The Kier molecular flexibility index (Phi) is 7.93. The Bertz CT molecular complexity index is 1180. The number of carboxylic acid groups (broad SMARTS) is 1. The number of benzene rings is 2. The van der Waals surface area contributed by atoms with Gasteiger partial charge in [0, 0.05) is 44.8 Å². The second kappa shape index (κ2) is 11.1. The van der Waals surface area contributed by atoms with Crippen LogP contribution in [0.15, 0.2) is 47.4 Å². The molecular weight excluding hydrogens is 464 g/mol. The van der Waals surface area contributed by atoms with Crippen molar-refractivity contribution in [2.45, 2.75) is 49.3 Å². The summed E-state index contributed by atoms with van der Waals surface area (Å²) in [5.74, 6) is -0.614. The van der Waals surface area contributed by atoms with Gasteiger partial charge in [0.15, 0.2) is 0 Å². The summed E-state index contributed by atoms with van der Waals surface area (Å²) in [6, 6.07) is 13.9. The van der Waals surface area contributed by atoms with E-state index in [-0.39, 0.29) is 16.1 Å². The zero-order chi connectivity index (χ0) is 24.8. The van der Waals surface area contributed by atoms with E-state index in [0.29, 0.717) is 37.7 Å². The van der Waals surface area contributed by atoms with Crippen LogP contribution < -0.4 is 9.62 Å². The quantitative estimate of drug-likeness (QED) is 0.561. The number of sulfonamides is 1. The molecule has 2 N–H and O–H groups in total. The molecule has 1 saturated heterocycles. The number of aromatic carboxylic acids is 1. The minimum absolute atomic E-state index is 0.0586. The Morgan fingerprint density at radius 2 is 1.71 bits per heavy atom. The Hall–Kier alpha value is -3.09. The molecule has 4 rings (SSSR count). The van der Waals surface area contributed by atoms with Crippen LogP contribution in [0.5, 0.6) is 0 Å². The summed E-state index contributed by atoms with van der Waals surface area (Å²) >= 11 is 0. The summed E-state index contributed by atoms with van der Waals surface area (Å²) in [7, 11) is -3.85. The first kappa shape index (κ1) is 25.0. The smallest absolute Gasteiger partial charge is 0.337 e. The third-order valence-electron chi connectivity index (χ3n) is 7.00. The van der Waals surface area contributed by atoms with Crippen LogP contribution in [0.25, 0.3) is 0 Å². The fourth-order valence-electron chi connectivity index (χ4n) is 5.04. The molecule has 1 heterocycles. The van der Waals surface area contributed by atoms with Crippen LogP contribution in [-0.4, -0.2) is 57.1 Å². The molecule has 0 bridgehead atoms. The highest BCUT2D eigenvalue weighted by Gasteiger charge is 2.23. The molecule has 1 aliphatic carbocycles. The van der Waals surface area contributed by atoms with Gasteiger partial charge in [0.2, 0.25) is 0 Å². The third-order valence-corrected chi connectivity index (χ3v) is 8.40. The van der Waals surface area contributed by atoms with Crippen LogP contribution in [0.4, 0.5) is 11.4 Å². The predicted molar refractivity (Wildman–Crippen MR) is 135 cm³/mol. The maximum atomic E-state index is 13.0. The van der Waals surface area contributed by atoms with E-state index in [1.807, 2.05) is 17.0 Å². The van der Waals surface area contributed by atoms with Crippen LogP contribution in [0.2, 0.25) is 0 Å². The molecular formula is C26H32N4O4S. The lowest BCUT2D eigenvalue weighted by Gasteiger charge is -2.36. The number of rotatable bonds is 8. The van der Waals surface area contributed by atoms with Gasteiger partial charge in [0.1, 0.15) is 0 Å². The minimum atomic E-state index is -3.85. The van der Waals surface area contributed by atoms with Gasteiger partial charge in [-0.3, -0.25) is 9.62 Å². The number of hydrogen-bond donors (Lipinski definition) is 2. The van der Waals surface area contributed by atoms with E-state index in [4.69, 9.17) is 5.26 Å². The molecule has 8 nitrogen and oxygen atoms in total. The highest BCUT2D eigenvalue weighted by Crippen LogP contribution is 2.33. The average Bonchev–Trinajstić information content (AvgIpc) is 2.88. The number of nitrogens with zero attached hydrogens (tertiary/aromatic N) is 3. The number of nitriles is 1. The molecule has 0 atom stereocenters. The van der Waals surface area contributed by atoms with Gasteiger partial charge in [0.25, 0.3) is 10.0 Å². The van der Waals surface area contributed by atoms with Gasteiger partial charge in [0.05, 0.1) is 22.2 Å². The lowest BCUT2D eigenvalue weighted by Crippen LogP contribution is -2.47. The Labute approximate surface area is 207 Å². The van der Waals surface area contributed by atoms with E-state index >= 15 is 0 Å². The van der Waals surface area contributed by atoms with Gasteiger partial charge >= 0.3 is 5.97 Å². The molecule has 1 aliphatic heterocycles. The largest absolute Gasteiger partial charge is 0.478 e. The Morgan fingerprint density at radius 1 is 1.03 bits per heavy atom. The molecule has 2 aromatic rings. The van der Waals surface area contributed by atoms with Crippen molar-refractivity contribution in [3.05, 3.63) is 53.6 Å². The van der Waals surface area contributed by atoms with Crippen LogP contribution in [0.3, 0.4) is 0 Å². The Morgan fingerprint density at radius 3 is 2.34 bits per heavy atom. The fraction of sp³-hybridized carbons (Fsp3) is 0.462. The topological polar surface area (TPSA) is 114 Å². The van der Waals surface area contributed by atoms with Crippen LogP contribution in [0, 0.1) is 11.3 Å². The summed E-state index contributed by atoms with van der Waals surface area (Å²) in [5, 5.41) is 18.6. The molecule has 0 radical (unpaired) electrons. The molecule has 0 aromatic heterocycles. The van der Waals surface area contributed by atoms with Crippen LogP contribution >= 0.6 is 0 Å². The summed E-state index contributed by atoms with van der Waals surface area (Å²) in [6.07, 6.45) is 6.45. The van der Waals surface area contributed by atoms with E-state index in [0.717, 1.165) is 25.9 Å². The molecule has 9 heteroatoms. The summed E-state index contributed by atoms with van der Waals surface area (Å²) in [5.41, 5.74) is 2.02. The number of hydrogen-bond acceptors (Lipinski definition) is 6. The first-order valence-electron chi connectivity index (χ1n) is 12.2. The van der Waals surface area contributed by atoms with Gasteiger partial charge in [-0.2, -0.15) is 5.26 Å². The second-order valence-electron chi connectivity index (χ2n) is 9.28. The lowest BCUT2D eigenvalue weighted by atomic mass is 9.84. The zero-order valence-electron chi connectivity index (χ0n) is 19.8. The van der Waals surface area contributed by atoms with E-state index < -0.39 is 16.0 Å². The van der Waals surface area contributed by atoms with Gasteiger partial charge in [-0.15, -0.1) is 0 Å². The normalized spacial score (nSPS) is 17.6. The standard InChI is InChI=1S/C26H32N4O4S/c27-13-4-14-29-15-17-30(18-16-29)25-12-9-22(19-24(25)26(31)32)28-35(33,34)23-10-7-21(8-11-23)20-5-2-1-3-6-20/h7-12,19-20,28H,1-6,14-18H2,(H,31,32). The van der Waals surface area contributed by atoms with Gasteiger partial charge < -0.3 is 10.0 Å². The minimum Gasteiger partial charge on any atom is -0.478 e. The molecule has 2 fully saturated rings. The maximum Gasteiger partial charge on any atom is 0.337 e. The van der Waals surface area contributed by atoms with Gasteiger partial charge in [-0.25, -0.2) is 13.2 Å². The monoisotopic (exact) mass is 496 g/mol. The first-order valence-corrected chi connectivity index (χ1v) is 13.7. The summed E-state index contributed by atoms with van der Waals surface area (Å²) < 4.78 is 28.5. The van der Waals surface area contributed by atoms with Crippen molar-refractivity contribution < 1.29 is 18.3 Å². The molecule has 186 valence electrons. The van der Waals surface area contributed by atoms with Gasteiger partial charge in [-0.1, -0.05) is 31.4 Å². The molecule has 35 heavy (non-hydrogen) atoms. The maximum absolute atomic E-state index is 13.0. The Balaban J connectivity index is 1.47. The van der Waals surface area contributed by atoms with E-state index in [9.17, 15) is 18.3 Å². The fourth-order valence-corrected chi connectivity index (χ4v) is 6.09. The van der Waals surface area contributed by atoms with Crippen molar-refractivity contribution >= 4 is 27.4 Å². The molecule has 0 amide bonds. The van der Waals surface area contributed by atoms with E-state index in [1.54, 1.807) is 24.3 Å². The predicted octanol–water partition coefficient (Wildman–Crippen LogP) is 4.27. The molecule has 2 aliphatic rings. The highest BCUT2D eigenvalue weighted by atomic mass is 32.2. The van der Waals surface area contributed by atoms with Crippen molar-refractivity contribution in [3.8, 4) is 6.07 Å². The summed E-state index contributed by atoms with van der Waals surface area (Å²) in [4.78, 5) is 16.3. The average molecular weight is 497 g/mol. The van der Waals surface area contributed by atoms with Crippen molar-refractivity contribution in [1.29, 1.82) is 5.26 Å². The van der Waals surface area contributed by atoms with Crippen molar-refractivity contribution in [1.82, 2.24) is 4.90 Å². The van der Waals surface area contributed by atoms with Crippen molar-refractivity contribution in [2.24, 2.45) is 0 Å². The number of nitrogens with one attached hydrogen (secondary N) is 1. The van der Waals surface area contributed by atoms with Crippen molar-refractivity contribution in [2.75, 3.05) is 42.3 Å². The first-order chi connectivity index (χ1) is 16.9.